The first-order valence-electron chi connectivity index (χ1n) is 7.11. The van der Waals surface area contributed by atoms with E-state index in [1.165, 1.54) is 5.56 Å². The molecule has 1 rings (SSSR count). The summed E-state index contributed by atoms with van der Waals surface area (Å²) in [6, 6.07) is 6.75. The number of benzene rings is 1. The summed E-state index contributed by atoms with van der Waals surface area (Å²) in [7, 11) is 0. The highest BCUT2D eigenvalue weighted by Crippen LogP contribution is 2.38. The fourth-order valence-electron chi connectivity index (χ4n) is 2.22. The van der Waals surface area contributed by atoms with E-state index in [0.717, 1.165) is 23.2 Å². The van der Waals surface area contributed by atoms with E-state index in [2.05, 4.69) is 67.1 Å². The third kappa shape index (κ3) is 4.22. The van der Waals surface area contributed by atoms with Crippen molar-refractivity contribution in [2.75, 3.05) is 13.2 Å². The zero-order valence-corrected chi connectivity index (χ0v) is 14.3. The minimum absolute atomic E-state index is 0.225. The molecular weight excluding hydrogens is 302 g/mol. The zero-order valence-electron chi connectivity index (χ0n) is 12.7. The lowest BCUT2D eigenvalue weighted by molar-refractivity contribution is 0.237. The first-order valence-corrected chi connectivity index (χ1v) is 7.91. The number of ether oxygens (including phenoxy) is 1. The van der Waals surface area contributed by atoms with Crippen molar-refractivity contribution in [1.82, 2.24) is 5.32 Å². The Morgan fingerprint density at radius 2 is 1.95 bits per heavy atom. The quantitative estimate of drug-likeness (QED) is 0.766. The van der Waals surface area contributed by atoms with Crippen LogP contribution in [0.25, 0.3) is 0 Å². The van der Waals surface area contributed by atoms with Gasteiger partial charge in [0.15, 0.2) is 0 Å². The largest absolute Gasteiger partial charge is 0.493 e. The van der Waals surface area contributed by atoms with Gasteiger partial charge in [0.1, 0.15) is 5.75 Å². The molecule has 0 aliphatic rings. The molecule has 0 bridgehead atoms. The van der Waals surface area contributed by atoms with E-state index in [1.54, 1.807) is 0 Å². The van der Waals surface area contributed by atoms with Gasteiger partial charge in [-0.25, -0.2) is 0 Å². The second kappa shape index (κ2) is 7.30. The summed E-state index contributed by atoms with van der Waals surface area (Å²) in [5, 5.41) is 3.61. The van der Waals surface area contributed by atoms with E-state index >= 15 is 0 Å². The van der Waals surface area contributed by atoms with Gasteiger partial charge >= 0.3 is 0 Å². The lowest BCUT2D eigenvalue weighted by atomic mass is 9.78. The standard InChI is InChI=1S/C16H26BrNO/c1-6-16(4,5)15(18-7-2)12-9-10-14(19-8-3)13(17)11-12/h9-11,15,18H,6-8H2,1-5H3. The zero-order chi connectivity index (χ0) is 14.5. The summed E-state index contributed by atoms with van der Waals surface area (Å²) >= 11 is 3.60. The highest BCUT2D eigenvalue weighted by molar-refractivity contribution is 9.10. The Bertz CT molecular complexity index is 404. The molecule has 1 aromatic rings. The topological polar surface area (TPSA) is 21.3 Å². The Morgan fingerprint density at radius 3 is 2.42 bits per heavy atom. The van der Waals surface area contributed by atoms with Crippen molar-refractivity contribution in [2.45, 2.75) is 47.1 Å². The molecule has 0 fully saturated rings. The molecule has 0 saturated heterocycles. The first-order chi connectivity index (χ1) is 8.96. The molecule has 19 heavy (non-hydrogen) atoms. The lowest BCUT2D eigenvalue weighted by Crippen LogP contribution is -2.33. The van der Waals surface area contributed by atoms with Crippen molar-refractivity contribution in [1.29, 1.82) is 0 Å². The number of rotatable bonds is 7. The van der Waals surface area contributed by atoms with Crippen LogP contribution in [0, 0.1) is 5.41 Å². The van der Waals surface area contributed by atoms with Gasteiger partial charge in [0.25, 0.3) is 0 Å². The number of hydrogen-bond donors (Lipinski definition) is 1. The molecule has 2 nitrogen and oxygen atoms in total. The van der Waals surface area contributed by atoms with Crippen LogP contribution < -0.4 is 10.1 Å². The van der Waals surface area contributed by atoms with Gasteiger partial charge in [-0.2, -0.15) is 0 Å². The minimum atomic E-state index is 0.225. The molecule has 0 spiro atoms. The number of nitrogens with one attached hydrogen (secondary N) is 1. The van der Waals surface area contributed by atoms with Gasteiger partial charge in [-0.05, 0) is 58.9 Å². The second-order valence-electron chi connectivity index (χ2n) is 5.46. The molecule has 0 amide bonds. The van der Waals surface area contributed by atoms with Crippen molar-refractivity contribution in [3.05, 3.63) is 28.2 Å². The predicted octanol–water partition coefficient (Wildman–Crippen LogP) is 4.93. The summed E-state index contributed by atoms with van der Waals surface area (Å²) < 4.78 is 6.61. The maximum absolute atomic E-state index is 5.58. The van der Waals surface area contributed by atoms with Crippen LogP contribution in [0.15, 0.2) is 22.7 Å². The molecule has 3 heteroatoms. The third-order valence-electron chi connectivity index (χ3n) is 3.69. The summed E-state index contributed by atoms with van der Waals surface area (Å²) in [5.74, 6) is 0.913. The van der Waals surface area contributed by atoms with Crippen LogP contribution in [-0.4, -0.2) is 13.2 Å². The van der Waals surface area contributed by atoms with Crippen LogP contribution in [0.2, 0.25) is 0 Å². The normalized spacial score (nSPS) is 13.4. The van der Waals surface area contributed by atoms with Gasteiger partial charge in [0, 0.05) is 6.04 Å². The van der Waals surface area contributed by atoms with Crippen LogP contribution in [0.3, 0.4) is 0 Å². The second-order valence-corrected chi connectivity index (χ2v) is 6.31. The Labute approximate surface area is 126 Å². The Hall–Kier alpha value is -0.540. The van der Waals surface area contributed by atoms with Crippen molar-refractivity contribution < 1.29 is 4.74 Å². The van der Waals surface area contributed by atoms with E-state index in [1.807, 2.05) is 6.92 Å². The van der Waals surface area contributed by atoms with Crippen LogP contribution in [0.4, 0.5) is 0 Å². The fourth-order valence-corrected chi connectivity index (χ4v) is 2.73. The van der Waals surface area contributed by atoms with Crippen LogP contribution in [0.1, 0.15) is 52.6 Å². The monoisotopic (exact) mass is 327 g/mol. The van der Waals surface area contributed by atoms with Crippen LogP contribution >= 0.6 is 15.9 Å². The van der Waals surface area contributed by atoms with Gasteiger partial charge in [-0.1, -0.05) is 33.8 Å². The molecule has 1 N–H and O–H groups in total. The van der Waals surface area contributed by atoms with E-state index in [-0.39, 0.29) is 5.41 Å². The molecule has 0 radical (unpaired) electrons. The number of hydrogen-bond acceptors (Lipinski definition) is 2. The average molecular weight is 328 g/mol. The molecule has 0 aromatic heterocycles. The minimum Gasteiger partial charge on any atom is -0.493 e. The summed E-state index contributed by atoms with van der Waals surface area (Å²) in [5.41, 5.74) is 1.53. The SMILES string of the molecule is CCNC(c1ccc(OCC)c(Br)c1)C(C)(C)CC. The van der Waals surface area contributed by atoms with Gasteiger partial charge in [-0.3, -0.25) is 0 Å². The van der Waals surface area contributed by atoms with Crippen molar-refractivity contribution in [2.24, 2.45) is 5.41 Å². The molecular formula is C16H26BrNO. The molecule has 1 aromatic carbocycles. The highest BCUT2D eigenvalue weighted by atomic mass is 79.9. The van der Waals surface area contributed by atoms with E-state index in [0.29, 0.717) is 12.6 Å². The molecule has 0 aliphatic carbocycles. The average Bonchev–Trinajstić information content (AvgIpc) is 2.38. The van der Waals surface area contributed by atoms with Crippen molar-refractivity contribution in [3.8, 4) is 5.75 Å². The molecule has 0 heterocycles. The van der Waals surface area contributed by atoms with Gasteiger partial charge in [-0.15, -0.1) is 0 Å². The van der Waals surface area contributed by atoms with Gasteiger partial charge < -0.3 is 10.1 Å². The Balaban J connectivity index is 3.07. The first kappa shape index (κ1) is 16.5. The molecule has 0 saturated carbocycles. The Morgan fingerprint density at radius 1 is 1.26 bits per heavy atom. The number of halogens is 1. The Kier molecular flexibility index (Phi) is 6.34. The molecule has 0 aliphatic heterocycles. The third-order valence-corrected chi connectivity index (χ3v) is 4.31. The maximum Gasteiger partial charge on any atom is 0.133 e. The van der Waals surface area contributed by atoms with Gasteiger partial charge in [0.2, 0.25) is 0 Å². The smallest absolute Gasteiger partial charge is 0.133 e. The molecule has 108 valence electrons. The predicted molar refractivity (Wildman–Crippen MR) is 85.8 cm³/mol. The van der Waals surface area contributed by atoms with Crippen molar-refractivity contribution >= 4 is 15.9 Å². The summed E-state index contributed by atoms with van der Waals surface area (Å²) in [4.78, 5) is 0. The van der Waals surface area contributed by atoms with Crippen LogP contribution in [0.5, 0.6) is 5.75 Å². The van der Waals surface area contributed by atoms with E-state index in [9.17, 15) is 0 Å². The summed E-state index contributed by atoms with van der Waals surface area (Å²) in [6.07, 6.45) is 1.13. The van der Waals surface area contributed by atoms with Gasteiger partial charge in [0.05, 0.1) is 11.1 Å². The molecule has 1 unspecified atom stereocenters. The van der Waals surface area contributed by atoms with Crippen molar-refractivity contribution in [3.63, 3.8) is 0 Å². The maximum atomic E-state index is 5.58. The fraction of sp³-hybridized carbons (Fsp3) is 0.625. The highest BCUT2D eigenvalue weighted by Gasteiger charge is 2.28. The van der Waals surface area contributed by atoms with E-state index in [4.69, 9.17) is 4.74 Å². The van der Waals surface area contributed by atoms with E-state index < -0.39 is 0 Å². The molecule has 1 atom stereocenters. The van der Waals surface area contributed by atoms with Crippen LogP contribution in [-0.2, 0) is 0 Å². The lowest BCUT2D eigenvalue weighted by Gasteiger charge is -2.34. The summed E-state index contributed by atoms with van der Waals surface area (Å²) in [6.45, 7) is 12.7.